The van der Waals surface area contributed by atoms with E-state index in [2.05, 4.69) is 5.32 Å². The highest BCUT2D eigenvalue weighted by Gasteiger charge is 2.37. The van der Waals surface area contributed by atoms with Crippen molar-refractivity contribution >= 4 is 18.3 Å². The molecule has 0 fully saturated rings. The van der Waals surface area contributed by atoms with Gasteiger partial charge in [0.15, 0.2) is 0 Å². The lowest BCUT2D eigenvalue weighted by molar-refractivity contribution is -0.142. The van der Waals surface area contributed by atoms with Gasteiger partial charge in [0.2, 0.25) is 0 Å². The summed E-state index contributed by atoms with van der Waals surface area (Å²) in [6.45, 7) is 4.17. The number of aldehydes is 1. The summed E-state index contributed by atoms with van der Waals surface area (Å²) < 4.78 is 10.1. The van der Waals surface area contributed by atoms with Gasteiger partial charge in [-0.3, -0.25) is 4.79 Å². The third kappa shape index (κ3) is 6.17. The zero-order chi connectivity index (χ0) is 21.3. The topological polar surface area (TPSA) is 81.7 Å². The molecule has 2 aromatic carbocycles. The minimum atomic E-state index is -1.26. The van der Waals surface area contributed by atoms with E-state index in [9.17, 15) is 14.4 Å². The van der Waals surface area contributed by atoms with Crippen LogP contribution in [0.1, 0.15) is 49.3 Å². The fourth-order valence-corrected chi connectivity index (χ4v) is 3.07. The number of alkyl carbamates (subject to hydrolysis) is 1. The normalized spacial score (nSPS) is 12.7. The van der Waals surface area contributed by atoms with Gasteiger partial charge in [0, 0.05) is 6.42 Å². The zero-order valence-corrected chi connectivity index (χ0v) is 17.0. The molecular weight excluding hydrogens is 370 g/mol. The average molecular weight is 397 g/mol. The van der Waals surface area contributed by atoms with Crippen molar-refractivity contribution in [1.29, 1.82) is 0 Å². The summed E-state index contributed by atoms with van der Waals surface area (Å²) in [4.78, 5) is 36.2. The molecule has 0 saturated heterocycles. The number of nitrogens with one attached hydrogen (secondary N) is 1. The molecule has 0 spiro atoms. The summed E-state index contributed by atoms with van der Waals surface area (Å²) in [6.07, 6.45) is -0.314. The molecule has 154 valence electrons. The van der Waals surface area contributed by atoms with E-state index in [0.717, 1.165) is 11.1 Å². The largest absolute Gasteiger partial charge is 0.469 e. The van der Waals surface area contributed by atoms with Crippen LogP contribution in [-0.2, 0) is 31.2 Å². The first kappa shape index (κ1) is 22.1. The Morgan fingerprint density at radius 1 is 1.10 bits per heavy atom. The monoisotopic (exact) mass is 397 g/mol. The van der Waals surface area contributed by atoms with Gasteiger partial charge in [0.1, 0.15) is 12.9 Å². The number of hydrogen-bond acceptors (Lipinski definition) is 5. The van der Waals surface area contributed by atoms with Crippen LogP contribution in [0.2, 0.25) is 0 Å². The number of benzene rings is 2. The Kier molecular flexibility index (Phi) is 7.95. The summed E-state index contributed by atoms with van der Waals surface area (Å²) in [5.74, 6) is -0.294. The lowest BCUT2D eigenvalue weighted by Gasteiger charge is -2.33. The fourth-order valence-electron chi connectivity index (χ4n) is 3.07. The van der Waals surface area contributed by atoms with Crippen LogP contribution in [0, 0.1) is 0 Å². The molecule has 6 nitrogen and oxygen atoms in total. The second kappa shape index (κ2) is 10.4. The minimum absolute atomic E-state index is 0.0775. The summed E-state index contributed by atoms with van der Waals surface area (Å²) >= 11 is 0. The molecule has 6 heteroatoms. The van der Waals surface area contributed by atoms with Crippen LogP contribution >= 0.6 is 0 Å². The van der Waals surface area contributed by atoms with E-state index >= 15 is 0 Å². The third-order valence-corrected chi connectivity index (χ3v) is 4.77. The van der Waals surface area contributed by atoms with Crippen molar-refractivity contribution in [2.24, 2.45) is 0 Å². The molecule has 0 saturated carbocycles. The Labute approximate surface area is 171 Å². The smallest absolute Gasteiger partial charge is 0.408 e. The van der Waals surface area contributed by atoms with Crippen molar-refractivity contribution in [2.45, 2.75) is 44.8 Å². The number of methoxy groups -OCH3 is 1. The first-order valence-electron chi connectivity index (χ1n) is 9.50. The Balaban J connectivity index is 2.32. The molecule has 0 aromatic heterocycles. The number of amides is 1. The molecule has 2 aromatic rings. The van der Waals surface area contributed by atoms with Crippen molar-refractivity contribution in [2.75, 3.05) is 7.11 Å². The molecule has 29 heavy (non-hydrogen) atoms. The highest BCUT2D eigenvalue weighted by Crippen LogP contribution is 2.31. The maximum Gasteiger partial charge on any atom is 0.408 e. The van der Waals surface area contributed by atoms with Crippen LogP contribution in [0.5, 0.6) is 0 Å². The van der Waals surface area contributed by atoms with Crippen molar-refractivity contribution in [1.82, 2.24) is 5.32 Å². The lowest BCUT2D eigenvalue weighted by Crippen LogP contribution is -2.48. The van der Waals surface area contributed by atoms with E-state index in [1.165, 1.54) is 7.11 Å². The van der Waals surface area contributed by atoms with Crippen LogP contribution in [0.4, 0.5) is 4.79 Å². The van der Waals surface area contributed by atoms with Gasteiger partial charge < -0.3 is 19.6 Å². The first-order valence-corrected chi connectivity index (χ1v) is 9.50. The average Bonchev–Trinajstić information content (AvgIpc) is 2.73. The molecule has 0 aliphatic heterocycles. The number of esters is 1. The van der Waals surface area contributed by atoms with Gasteiger partial charge >= 0.3 is 12.1 Å². The Morgan fingerprint density at radius 3 is 2.45 bits per heavy atom. The van der Waals surface area contributed by atoms with Crippen LogP contribution in [0.15, 0.2) is 54.6 Å². The van der Waals surface area contributed by atoms with Crippen LogP contribution in [0.25, 0.3) is 0 Å². The predicted octanol–water partition coefficient (Wildman–Crippen LogP) is 4.08. The third-order valence-electron chi connectivity index (χ3n) is 4.77. The van der Waals surface area contributed by atoms with Gasteiger partial charge in [-0.2, -0.15) is 0 Å². The molecule has 0 aliphatic rings. The van der Waals surface area contributed by atoms with Gasteiger partial charge in [-0.05, 0) is 22.6 Å². The van der Waals surface area contributed by atoms with E-state index in [4.69, 9.17) is 9.47 Å². The molecule has 0 heterocycles. The molecule has 1 amide bonds. The number of carbonyl (C=O) groups is 3. The Morgan fingerprint density at radius 2 is 1.83 bits per heavy atom. The summed E-state index contributed by atoms with van der Waals surface area (Å²) in [5.41, 5.74) is 1.26. The van der Waals surface area contributed by atoms with Gasteiger partial charge in [0.25, 0.3) is 0 Å². The van der Waals surface area contributed by atoms with Crippen molar-refractivity contribution in [3.05, 3.63) is 71.3 Å². The van der Waals surface area contributed by atoms with Crippen LogP contribution < -0.4 is 5.32 Å². The fraction of sp³-hybridized carbons (Fsp3) is 0.348. The first-order chi connectivity index (χ1) is 13.9. The number of hydrogen-bond donors (Lipinski definition) is 1. The molecule has 1 atom stereocenters. The number of rotatable bonds is 9. The van der Waals surface area contributed by atoms with E-state index in [-0.39, 0.29) is 25.4 Å². The maximum absolute atomic E-state index is 12.6. The van der Waals surface area contributed by atoms with E-state index in [1.54, 1.807) is 6.07 Å². The molecule has 1 unspecified atom stereocenters. The standard InChI is InChI=1S/C23H27NO5/c1-17(2)19-10-7-11-20(14-19)23(12-13-25,15-21(26)28-3)24-22(27)29-16-18-8-5-4-6-9-18/h4-11,13-14,17H,12,15-16H2,1-3H3,(H,24,27). The van der Waals surface area contributed by atoms with Crippen molar-refractivity contribution in [3.63, 3.8) is 0 Å². The molecule has 0 aliphatic carbocycles. The summed E-state index contributed by atoms with van der Waals surface area (Å²) in [6, 6.07) is 16.7. The molecular formula is C23H27NO5. The van der Waals surface area contributed by atoms with Crippen LogP contribution in [-0.4, -0.2) is 25.5 Å². The second-order valence-electron chi connectivity index (χ2n) is 7.17. The molecule has 1 N–H and O–H groups in total. The van der Waals surface area contributed by atoms with Crippen LogP contribution in [0.3, 0.4) is 0 Å². The number of ether oxygens (including phenoxy) is 2. The van der Waals surface area contributed by atoms with Gasteiger partial charge in [-0.1, -0.05) is 68.4 Å². The van der Waals surface area contributed by atoms with Gasteiger partial charge in [-0.15, -0.1) is 0 Å². The minimum Gasteiger partial charge on any atom is -0.469 e. The van der Waals surface area contributed by atoms with Crippen molar-refractivity contribution < 1.29 is 23.9 Å². The second-order valence-corrected chi connectivity index (χ2v) is 7.17. The zero-order valence-electron chi connectivity index (χ0n) is 17.0. The van der Waals surface area contributed by atoms with E-state index in [0.29, 0.717) is 11.8 Å². The SMILES string of the molecule is COC(=O)CC(CC=O)(NC(=O)OCc1ccccc1)c1cccc(C(C)C)c1. The van der Waals surface area contributed by atoms with E-state index < -0.39 is 17.6 Å². The van der Waals surface area contributed by atoms with Crippen molar-refractivity contribution in [3.8, 4) is 0 Å². The van der Waals surface area contributed by atoms with Gasteiger partial charge in [0.05, 0.1) is 19.1 Å². The molecule has 0 bridgehead atoms. The molecule has 2 rings (SSSR count). The molecule has 0 radical (unpaired) electrons. The summed E-state index contributed by atoms with van der Waals surface area (Å²) in [7, 11) is 1.27. The lowest BCUT2D eigenvalue weighted by atomic mass is 9.82. The van der Waals surface area contributed by atoms with E-state index in [1.807, 2.05) is 62.4 Å². The number of carbonyl (C=O) groups excluding carboxylic acids is 3. The predicted molar refractivity (Wildman–Crippen MR) is 109 cm³/mol. The Bertz CT molecular complexity index is 834. The highest BCUT2D eigenvalue weighted by atomic mass is 16.5. The quantitative estimate of drug-likeness (QED) is 0.509. The van der Waals surface area contributed by atoms with Gasteiger partial charge in [-0.25, -0.2) is 4.79 Å². The highest BCUT2D eigenvalue weighted by molar-refractivity contribution is 5.76. The maximum atomic E-state index is 12.6. The Hall–Kier alpha value is -3.15. The summed E-state index contributed by atoms with van der Waals surface area (Å²) in [5, 5.41) is 2.76.